The van der Waals surface area contributed by atoms with E-state index in [1.54, 1.807) is 0 Å². The summed E-state index contributed by atoms with van der Waals surface area (Å²) in [5.74, 6) is -1.22. The number of allylic oxidation sites excluding steroid dienone is 2. The fourth-order valence-corrected chi connectivity index (χ4v) is 2.80. The van der Waals surface area contributed by atoms with Crippen molar-refractivity contribution < 1.29 is 29.0 Å². The van der Waals surface area contributed by atoms with Gasteiger partial charge in [-0.2, -0.15) is 0 Å². The Bertz CT molecular complexity index is 556. The van der Waals surface area contributed by atoms with Gasteiger partial charge in [-0.15, -0.1) is 0 Å². The molecule has 8 nitrogen and oxygen atoms in total. The van der Waals surface area contributed by atoms with Gasteiger partial charge in [0.05, 0.1) is 31.8 Å². The highest BCUT2D eigenvalue weighted by Gasteiger charge is 2.30. The van der Waals surface area contributed by atoms with Crippen LogP contribution >= 0.6 is 0 Å². The van der Waals surface area contributed by atoms with Crippen LogP contribution in [0.15, 0.2) is 12.2 Å². The molecule has 0 saturated heterocycles. The van der Waals surface area contributed by atoms with Gasteiger partial charge in [-0.25, -0.2) is 0 Å². The first kappa shape index (κ1) is 25.1. The molecule has 29 heavy (non-hydrogen) atoms. The molecule has 2 unspecified atom stereocenters. The highest BCUT2D eigenvalue weighted by Crippen LogP contribution is 2.22. The number of hydrogen-bond acceptors (Lipinski definition) is 6. The summed E-state index contributed by atoms with van der Waals surface area (Å²) in [7, 11) is 0. The van der Waals surface area contributed by atoms with Crippen LogP contribution in [0.3, 0.4) is 0 Å². The number of nitrogens with one attached hydrogen (secondary N) is 2. The van der Waals surface area contributed by atoms with Crippen LogP contribution in [-0.4, -0.2) is 61.9 Å². The van der Waals surface area contributed by atoms with E-state index in [1.807, 2.05) is 32.9 Å². The predicted molar refractivity (Wildman–Crippen MR) is 109 cm³/mol. The van der Waals surface area contributed by atoms with Gasteiger partial charge in [-0.05, 0) is 24.7 Å². The fraction of sp³-hybridized carbons (Fsp3) is 0.762. The van der Waals surface area contributed by atoms with E-state index in [9.17, 15) is 14.4 Å². The van der Waals surface area contributed by atoms with Crippen molar-refractivity contribution in [3.63, 3.8) is 0 Å². The quantitative estimate of drug-likeness (QED) is 0.330. The molecule has 0 aromatic heterocycles. The summed E-state index contributed by atoms with van der Waals surface area (Å²) in [5.41, 5.74) is -0.303. The maximum Gasteiger partial charge on any atom is 0.305 e. The number of hydrogen-bond donors (Lipinski definition) is 3. The minimum atomic E-state index is -0.508. The van der Waals surface area contributed by atoms with E-state index in [0.29, 0.717) is 32.4 Å². The zero-order valence-corrected chi connectivity index (χ0v) is 17.9. The largest absolute Gasteiger partial charge is 0.463 e. The Morgan fingerprint density at radius 2 is 2.07 bits per heavy atom. The van der Waals surface area contributed by atoms with E-state index >= 15 is 0 Å². The summed E-state index contributed by atoms with van der Waals surface area (Å²) < 4.78 is 10.5. The summed E-state index contributed by atoms with van der Waals surface area (Å²) in [6.45, 7) is 6.82. The maximum atomic E-state index is 12.9. The predicted octanol–water partition coefficient (Wildman–Crippen LogP) is 1.32. The number of ether oxygens (including phenoxy) is 2. The molecule has 3 N–H and O–H groups in total. The normalized spacial score (nSPS) is 21.9. The minimum absolute atomic E-state index is 0.0623. The molecule has 0 fully saturated rings. The van der Waals surface area contributed by atoms with Crippen LogP contribution in [0.5, 0.6) is 0 Å². The van der Waals surface area contributed by atoms with Gasteiger partial charge in [0, 0.05) is 19.4 Å². The van der Waals surface area contributed by atoms with Gasteiger partial charge in [0.25, 0.3) is 0 Å². The molecule has 1 rings (SSSR count). The standard InChI is InChI=1S/C21H36N2O6/c1-21(2,3)17-15-29-19(26)9-7-5-4-6-8-16(20(27)23-17)14-18(25)22-10-12-28-13-11-24/h4,6,16-17,24H,5,7-15H2,1-3H3,(H,22,25)(H,23,27). The summed E-state index contributed by atoms with van der Waals surface area (Å²) in [6, 6.07) is -0.346. The molecular formula is C21H36N2O6. The van der Waals surface area contributed by atoms with Gasteiger partial charge in [0.15, 0.2) is 0 Å². The molecule has 8 heteroatoms. The van der Waals surface area contributed by atoms with Crippen molar-refractivity contribution in [2.75, 3.05) is 33.0 Å². The average Bonchev–Trinajstić information content (AvgIpc) is 2.66. The van der Waals surface area contributed by atoms with Crippen LogP contribution in [0.25, 0.3) is 0 Å². The summed E-state index contributed by atoms with van der Waals surface area (Å²) in [5, 5.41) is 14.4. The van der Waals surface area contributed by atoms with Crippen LogP contribution in [0.2, 0.25) is 0 Å². The molecule has 0 aliphatic carbocycles. The number of carbonyl (C=O) groups excluding carboxylic acids is 3. The lowest BCUT2D eigenvalue weighted by atomic mass is 9.86. The number of aliphatic hydroxyl groups excluding tert-OH is 1. The Hall–Kier alpha value is -1.93. The molecule has 0 spiro atoms. The molecule has 1 heterocycles. The van der Waals surface area contributed by atoms with E-state index in [-0.39, 0.29) is 55.5 Å². The molecule has 1 aliphatic heterocycles. The van der Waals surface area contributed by atoms with Crippen molar-refractivity contribution in [2.24, 2.45) is 11.3 Å². The lowest BCUT2D eigenvalue weighted by molar-refractivity contribution is -0.146. The lowest BCUT2D eigenvalue weighted by Gasteiger charge is -2.32. The van der Waals surface area contributed by atoms with Gasteiger partial charge >= 0.3 is 5.97 Å². The Morgan fingerprint density at radius 3 is 2.76 bits per heavy atom. The smallest absolute Gasteiger partial charge is 0.305 e. The second-order valence-electron chi connectivity index (χ2n) is 8.30. The third-order valence-electron chi connectivity index (χ3n) is 4.72. The molecule has 2 amide bonds. The van der Waals surface area contributed by atoms with Crippen molar-refractivity contribution in [2.45, 2.75) is 58.9 Å². The Kier molecular flexibility index (Phi) is 11.5. The molecule has 0 saturated carbocycles. The van der Waals surface area contributed by atoms with Crippen LogP contribution in [-0.2, 0) is 23.9 Å². The van der Waals surface area contributed by atoms with E-state index in [4.69, 9.17) is 14.6 Å². The second-order valence-corrected chi connectivity index (χ2v) is 8.30. The number of rotatable bonds is 7. The number of carbonyl (C=O) groups is 3. The SMILES string of the molecule is CC(C)(C)C1COC(=O)CCCC=CCC(CC(=O)NCCOCCO)C(=O)N1. The number of amides is 2. The molecule has 0 radical (unpaired) electrons. The number of aliphatic hydroxyl groups is 1. The van der Waals surface area contributed by atoms with Gasteiger partial charge in [-0.1, -0.05) is 32.9 Å². The van der Waals surface area contributed by atoms with Crippen LogP contribution in [0.4, 0.5) is 0 Å². The summed E-state index contributed by atoms with van der Waals surface area (Å²) in [6.07, 6.45) is 6.11. The maximum absolute atomic E-state index is 12.9. The van der Waals surface area contributed by atoms with Gasteiger partial charge in [0.1, 0.15) is 6.61 Å². The molecule has 0 aromatic carbocycles. The molecule has 0 bridgehead atoms. The van der Waals surface area contributed by atoms with E-state index < -0.39 is 5.92 Å². The van der Waals surface area contributed by atoms with Crippen LogP contribution in [0.1, 0.15) is 52.9 Å². The third kappa shape index (κ3) is 11.0. The first-order chi connectivity index (χ1) is 13.7. The molecule has 2 atom stereocenters. The van der Waals surface area contributed by atoms with Gasteiger partial charge < -0.3 is 25.2 Å². The van der Waals surface area contributed by atoms with E-state index in [0.717, 1.165) is 6.42 Å². The average molecular weight is 413 g/mol. The number of esters is 1. The lowest BCUT2D eigenvalue weighted by Crippen LogP contribution is -2.49. The monoisotopic (exact) mass is 412 g/mol. The minimum Gasteiger partial charge on any atom is -0.463 e. The Labute approximate surface area is 173 Å². The van der Waals surface area contributed by atoms with Gasteiger partial charge in [0.2, 0.25) is 11.8 Å². The molecular weight excluding hydrogens is 376 g/mol. The van der Waals surface area contributed by atoms with Gasteiger partial charge in [-0.3, -0.25) is 14.4 Å². The van der Waals surface area contributed by atoms with E-state index in [1.165, 1.54) is 0 Å². The molecule has 0 aromatic rings. The Morgan fingerprint density at radius 1 is 1.31 bits per heavy atom. The van der Waals surface area contributed by atoms with E-state index in [2.05, 4.69) is 10.6 Å². The zero-order chi connectivity index (χ0) is 21.7. The third-order valence-corrected chi connectivity index (χ3v) is 4.72. The van der Waals surface area contributed by atoms with Crippen molar-refractivity contribution in [3.05, 3.63) is 12.2 Å². The second kappa shape index (κ2) is 13.3. The van der Waals surface area contributed by atoms with Crippen molar-refractivity contribution in [1.82, 2.24) is 10.6 Å². The van der Waals surface area contributed by atoms with Crippen LogP contribution < -0.4 is 10.6 Å². The molecule has 166 valence electrons. The van der Waals surface area contributed by atoms with Crippen LogP contribution in [0, 0.1) is 11.3 Å². The Balaban J connectivity index is 2.75. The first-order valence-electron chi connectivity index (χ1n) is 10.3. The van der Waals surface area contributed by atoms with Crippen molar-refractivity contribution in [3.8, 4) is 0 Å². The number of cyclic esters (lactones) is 1. The van der Waals surface area contributed by atoms with Crippen molar-refractivity contribution in [1.29, 1.82) is 0 Å². The summed E-state index contributed by atoms with van der Waals surface area (Å²) >= 11 is 0. The highest BCUT2D eigenvalue weighted by molar-refractivity contribution is 5.86. The zero-order valence-electron chi connectivity index (χ0n) is 17.9. The summed E-state index contributed by atoms with van der Waals surface area (Å²) in [4.78, 5) is 37.0. The molecule has 1 aliphatic rings. The highest BCUT2D eigenvalue weighted by atomic mass is 16.5. The fourth-order valence-electron chi connectivity index (χ4n) is 2.80. The first-order valence-corrected chi connectivity index (χ1v) is 10.3. The van der Waals surface area contributed by atoms with Crippen molar-refractivity contribution >= 4 is 17.8 Å². The topological polar surface area (TPSA) is 114 Å².